The highest BCUT2D eigenvalue weighted by molar-refractivity contribution is 6.00. The van der Waals surface area contributed by atoms with Crippen molar-refractivity contribution in [1.82, 2.24) is 25.3 Å². The van der Waals surface area contributed by atoms with Gasteiger partial charge in [-0.1, -0.05) is 32.0 Å². The number of carbonyl (C=O) groups excluding carboxylic acids is 2. The van der Waals surface area contributed by atoms with Gasteiger partial charge in [0.05, 0.1) is 42.3 Å². The number of ketones is 1. The van der Waals surface area contributed by atoms with Crippen LogP contribution >= 0.6 is 0 Å². The number of nitrogens with zero attached hydrogens (tertiary/aromatic N) is 3. The van der Waals surface area contributed by atoms with Gasteiger partial charge in [-0.25, -0.2) is 4.68 Å². The number of hydrogen-bond donors (Lipinski definition) is 2. The highest BCUT2D eigenvalue weighted by Gasteiger charge is 2.31. The van der Waals surface area contributed by atoms with Gasteiger partial charge in [0, 0.05) is 25.3 Å². The largest absolute Gasteiger partial charge is 0.472 e. The minimum absolute atomic E-state index is 0.0383. The molecule has 8 heteroatoms. The molecule has 1 atom stereocenters. The first-order valence-corrected chi connectivity index (χ1v) is 11.4. The van der Waals surface area contributed by atoms with Crippen LogP contribution < -0.4 is 10.6 Å². The monoisotopic (exact) mass is 449 g/mol. The minimum Gasteiger partial charge on any atom is -0.472 e. The van der Waals surface area contributed by atoms with Crippen LogP contribution in [0.25, 0.3) is 5.69 Å². The van der Waals surface area contributed by atoms with Crippen molar-refractivity contribution in [3.05, 3.63) is 71.9 Å². The predicted octanol–water partition coefficient (Wildman–Crippen LogP) is 2.44. The Balaban J connectivity index is 1.40. The Morgan fingerprint density at radius 3 is 2.79 bits per heavy atom. The van der Waals surface area contributed by atoms with E-state index in [1.165, 1.54) is 12.5 Å². The van der Waals surface area contributed by atoms with Gasteiger partial charge >= 0.3 is 0 Å². The summed E-state index contributed by atoms with van der Waals surface area (Å²) in [6.45, 7) is 6.74. The summed E-state index contributed by atoms with van der Waals surface area (Å²) in [5.41, 5.74) is 3.47. The Morgan fingerprint density at radius 2 is 2.06 bits per heavy atom. The summed E-state index contributed by atoms with van der Waals surface area (Å²) in [5.74, 6) is 0.328. The van der Waals surface area contributed by atoms with E-state index in [1.54, 1.807) is 6.07 Å². The Morgan fingerprint density at radius 1 is 1.24 bits per heavy atom. The highest BCUT2D eigenvalue weighted by atomic mass is 16.3. The number of carbonyl (C=O) groups is 2. The average Bonchev–Trinajstić information content (AvgIpc) is 3.48. The maximum atomic E-state index is 12.8. The normalized spacial score (nSPS) is 16.8. The molecule has 3 heterocycles. The number of para-hydroxylation sites is 1. The third-order valence-corrected chi connectivity index (χ3v) is 5.73. The number of amides is 1. The summed E-state index contributed by atoms with van der Waals surface area (Å²) in [4.78, 5) is 27.5. The summed E-state index contributed by atoms with van der Waals surface area (Å²) in [6, 6.07) is 13.4. The van der Waals surface area contributed by atoms with Crippen LogP contribution in [0.1, 0.15) is 35.6 Å². The molecule has 174 valence electrons. The molecule has 1 unspecified atom stereocenters. The molecule has 1 aliphatic rings. The highest BCUT2D eigenvalue weighted by Crippen LogP contribution is 2.16. The summed E-state index contributed by atoms with van der Waals surface area (Å²) >= 11 is 0. The number of aromatic nitrogens is 2. The molecule has 0 radical (unpaired) electrons. The van der Waals surface area contributed by atoms with E-state index in [4.69, 9.17) is 9.52 Å². The van der Waals surface area contributed by atoms with E-state index in [0.717, 1.165) is 30.0 Å². The third-order valence-electron chi connectivity index (χ3n) is 5.73. The van der Waals surface area contributed by atoms with Crippen molar-refractivity contribution < 1.29 is 14.0 Å². The van der Waals surface area contributed by atoms with Crippen LogP contribution in [0.15, 0.2) is 59.4 Å². The lowest BCUT2D eigenvalue weighted by molar-refractivity contribution is -0.122. The second kappa shape index (κ2) is 10.6. The van der Waals surface area contributed by atoms with Crippen molar-refractivity contribution in [2.24, 2.45) is 5.92 Å². The van der Waals surface area contributed by atoms with Gasteiger partial charge in [0.15, 0.2) is 5.78 Å². The minimum atomic E-state index is -0.392. The predicted molar refractivity (Wildman–Crippen MR) is 125 cm³/mol. The van der Waals surface area contributed by atoms with Crippen LogP contribution in [0, 0.1) is 5.92 Å². The fraction of sp³-hybridized carbons (Fsp3) is 0.400. The van der Waals surface area contributed by atoms with E-state index >= 15 is 0 Å². The van der Waals surface area contributed by atoms with Crippen LogP contribution in [0.3, 0.4) is 0 Å². The quantitative estimate of drug-likeness (QED) is 0.488. The van der Waals surface area contributed by atoms with Crippen molar-refractivity contribution in [3.63, 3.8) is 0 Å². The molecule has 1 saturated heterocycles. The van der Waals surface area contributed by atoms with E-state index < -0.39 is 6.04 Å². The Kier molecular flexibility index (Phi) is 7.36. The molecule has 0 spiro atoms. The van der Waals surface area contributed by atoms with Crippen LogP contribution in [-0.2, 0) is 17.8 Å². The number of furan rings is 1. The second-order valence-electron chi connectivity index (χ2n) is 8.82. The summed E-state index contributed by atoms with van der Waals surface area (Å²) < 4.78 is 7.01. The zero-order chi connectivity index (χ0) is 23.2. The molecule has 3 aromatic rings. The molecule has 33 heavy (non-hydrogen) atoms. The van der Waals surface area contributed by atoms with Gasteiger partial charge in [0.1, 0.15) is 6.26 Å². The SMILES string of the molecule is CC(C)Cc1cc(CNC(=O)CN2CCNCC2C(=O)c2ccoc2)nn1-c1ccccc1. The molecule has 2 N–H and O–H groups in total. The fourth-order valence-corrected chi connectivity index (χ4v) is 4.14. The first-order valence-electron chi connectivity index (χ1n) is 11.4. The van der Waals surface area contributed by atoms with Gasteiger partial charge in [-0.3, -0.25) is 14.5 Å². The topological polar surface area (TPSA) is 92.4 Å². The van der Waals surface area contributed by atoms with Gasteiger partial charge in [-0.05, 0) is 36.6 Å². The molecule has 4 rings (SSSR count). The fourth-order valence-electron chi connectivity index (χ4n) is 4.14. The van der Waals surface area contributed by atoms with Gasteiger partial charge in [-0.15, -0.1) is 0 Å². The van der Waals surface area contributed by atoms with Gasteiger partial charge in [0.2, 0.25) is 5.91 Å². The first kappa shape index (κ1) is 22.9. The Hall–Kier alpha value is -3.23. The number of Topliss-reactive ketones (excluding diaryl/α,β-unsaturated/α-hetero) is 1. The first-order chi connectivity index (χ1) is 16.0. The molecule has 1 aromatic carbocycles. The summed E-state index contributed by atoms with van der Waals surface area (Å²) in [7, 11) is 0. The van der Waals surface area contributed by atoms with Crippen molar-refractivity contribution >= 4 is 11.7 Å². The maximum absolute atomic E-state index is 12.8. The Bertz CT molecular complexity index is 1060. The Labute approximate surface area is 194 Å². The standard InChI is InChI=1S/C25H31N5O3/c1-18(2)12-22-13-20(28-30(22)21-6-4-3-5-7-21)14-27-24(31)16-29-10-9-26-15-23(29)25(32)19-8-11-33-17-19/h3-8,11,13,17-18,23,26H,9-10,12,14-16H2,1-2H3,(H,27,31). The number of hydrogen-bond acceptors (Lipinski definition) is 6. The molecule has 2 aromatic heterocycles. The maximum Gasteiger partial charge on any atom is 0.234 e. The lowest BCUT2D eigenvalue weighted by Crippen LogP contribution is -2.57. The molecule has 0 aliphatic carbocycles. The van der Waals surface area contributed by atoms with Crippen molar-refractivity contribution in [2.75, 3.05) is 26.2 Å². The molecule has 0 saturated carbocycles. The van der Waals surface area contributed by atoms with E-state index in [-0.39, 0.29) is 18.2 Å². The lowest BCUT2D eigenvalue weighted by Gasteiger charge is -2.34. The van der Waals surface area contributed by atoms with Crippen molar-refractivity contribution in [2.45, 2.75) is 32.9 Å². The molecule has 8 nitrogen and oxygen atoms in total. The number of rotatable bonds is 9. The zero-order valence-corrected chi connectivity index (χ0v) is 19.2. The van der Waals surface area contributed by atoms with E-state index in [2.05, 4.69) is 30.5 Å². The molecule has 1 aliphatic heterocycles. The molecular formula is C25H31N5O3. The number of benzene rings is 1. The molecule has 1 amide bonds. The summed E-state index contributed by atoms with van der Waals surface area (Å²) in [6.07, 6.45) is 3.84. The number of piperazine rings is 1. The second-order valence-corrected chi connectivity index (χ2v) is 8.82. The van der Waals surface area contributed by atoms with Crippen LogP contribution in [0.4, 0.5) is 0 Å². The molecule has 0 bridgehead atoms. The average molecular weight is 450 g/mol. The van der Waals surface area contributed by atoms with Crippen LogP contribution in [0.2, 0.25) is 0 Å². The zero-order valence-electron chi connectivity index (χ0n) is 19.2. The van der Waals surface area contributed by atoms with Gasteiger partial charge in [0.25, 0.3) is 0 Å². The van der Waals surface area contributed by atoms with Crippen LogP contribution in [0.5, 0.6) is 0 Å². The number of nitrogens with one attached hydrogen (secondary N) is 2. The van der Waals surface area contributed by atoms with Crippen molar-refractivity contribution in [3.8, 4) is 5.69 Å². The van der Waals surface area contributed by atoms with Gasteiger partial charge in [-0.2, -0.15) is 5.10 Å². The summed E-state index contributed by atoms with van der Waals surface area (Å²) in [5, 5.41) is 11.0. The van der Waals surface area contributed by atoms with E-state index in [1.807, 2.05) is 39.9 Å². The third kappa shape index (κ3) is 5.77. The van der Waals surface area contributed by atoms with Crippen LogP contribution in [-0.4, -0.2) is 58.6 Å². The van der Waals surface area contributed by atoms with E-state index in [9.17, 15) is 9.59 Å². The lowest BCUT2D eigenvalue weighted by atomic mass is 10.0. The molecule has 1 fully saturated rings. The molecular weight excluding hydrogens is 418 g/mol. The van der Waals surface area contributed by atoms with Crippen molar-refractivity contribution in [1.29, 1.82) is 0 Å². The van der Waals surface area contributed by atoms with E-state index in [0.29, 0.717) is 31.1 Å². The van der Waals surface area contributed by atoms with Gasteiger partial charge < -0.3 is 15.1 Å². The smallest absolute Gasteiger partial charge is 0.234 e.